The van der Waals surface area contributed by atoms with E-state index in [1.807, 2.05) is 25.1 Å². The molecular weight excluding hydrogens is 578 g/mol. The number of hydrogen-bond acceptors (Lipinski definition) is 5. The normalized spacial score (nSPS) is 16.2. The third-order valence-corrected chi connectivity index (χ3v) is 8.13. The zero-order valence-corrected chi connectivity index (χ0v) is 24.6. The topological polar surface area (TPSA) is 123 Å². The fraction of sp³-hybridized carbons (Fsp3) is 0.206. The summed E-state index contributed by atoms with van der Waals surface area (Å²) in [6.07, 6.45) is 3.16. The molecule has 3 aromatic carbocycles. The Bertz CT molecular complexity index is 1960. The molecular formula is C34H30F2N6O3. The van der Waals surface area contributed by atoms with Gasteiger partial charge in [0.15, 0.2) is 5.82 Å². The molecule has 1 unspecified atom stereocenters. The number of carbonyl (C=O) groups is 3. The van der Waals surface area contributed by atoms with Crippen LogP contribution < -0.4 is 11.1 Å². The number of nitrogens with one attached hydrogen (secondary N) is 1. The van der Waals surface area contributed by atoms with E-state index in [-0.39, 0.29) is 30.8 Å². The number of aromatic nitrogens is 3. The predicted molar refractivity (Wildman–Crippen MR) is 166 cm³/mol. The molecule has 0 aliphatic carbocycles. The van der Waals surface area contributed by atoms with Gasteiger partial charge >= 0.3 is 0 Å². The predicted octanol–water partition coefficient (Wildman–Crippen LogP) is 5.20. The van der Waals surface area contributed by atoms with Crippen LogP contribution in [0.5, 0.6) is 0 Å². The SMILES string of the molecule is Cc1ncc(-c2ccc3c(c2)c(C(N)=O)cn3CC(=O)N2C[C@H](F)CC2C(=O)Nc2cccc(-c3ccccc3C)c2F)cn1. The van der Waals surface area contributed by atoms with Crippen LogP contribution in [0.25, 0.3) is 33.2 Å². The highest BCUT2D eigenvalue weighted by atomic mass is 19.1. The van der Waals surface area contributed by atoms with Crippen LogP contribution in [0.3, 0.4) is 0 Å². The van der Waals surface area contributed by atoms with E-state index < -0.39 is 35.8 Å². The van der Waals surface area contributed by atoms with Gasteiger partial charge in [-0.2, -0.15) is 0 Å². The van der Waals surface area contributed by atoms with Crippen molar-refractivity contribution in [3.8, 4) is 22.3 Å². The van der Waals surface area contributed by atoms with E-state index in [2.05, 4.69) is 15.3 Å². The van der Waals surface area contributed by atoms with Crippen molar-refractivity contribution in [3.05, 3.63) is 102 Å². The highest BCUT2D eigenvalue weighted by molar-refractivity contribution is 6.07. The van der Waals surface area contributed by atoms with Crippen LogP contribution in [-0.2, 0) is 16.1 Å². The summed E-state index contributed by atoms with van der Waals surface area (Å²) < 4.78 is 31.8. The molecule has 3 amide bonds. The van der Waals surface area contributed by atoms with Gasteiger partial charge in [-0.1, -0.05) is 42.5 Å². The van der Waals surface area contributed by atoms with E-state index in [0.717, 1.165) is 21.6 Å². The first kappa shape index (κ1) is 29.6. The molecule has 0 bridgehead atoms. The minimum atomic E-state index is -1.44. The minimum absolute atomic E-state index is 0.0623. The van der Waals surface area contributed by atoms with Gasteiger partial charge in [0.1, 0.15) is 24.6 Å². The summed E-state index contributed by atoms with van der Waals surface area (Å²) in [5, 5.41) is 3.10. The van der Waals surface area contributed by atoms with Gasteiger partial charge in [0.05, 0.1) is 17.8 Å². The van der Waals surface area contributed by atoms with Gasteiger partial charge in [0.25, 0.3) is 5.91 Å². The van der Waals surface area contributed by atoms with Crippen molar-refractivity contribution in [1.82, 2.24) is 19.4 Å². The number of rotatable bonds is 7. The zero-order chi connectivity index (χ0) is 31.8. The summed E-state index contributed by atoms with van der Waals surface area (Å²) in [4.78, 5) is 48.9. The minimum Gasteiger partial charge on any atom is -0.366 e. The van der Waals surface area contributed by atoms with Crippen LogP contribution in [0.4, 0.5) is 14.5 Å². The second-order valence-electron chi connectivity index (χ2n) is 11.2. The van der Waals surface area contributed by atoms with Crippen LogP contribution >= 0.6 is 0 Å². The van der Waals surface area contributed by atoms with Crippen molar-refractivity contribution >= 4 is 34.3 Å². The first-order valence-electron chi connectivity index (χ1n) is 14.4. The molecule has 6 rings (SSSR count). The Balaban J connectivity index is 1.25. The van der Waals surface area contributed by atoms with Crippen molar-refractivity contribution in [1.29, 1.82) is 0 Å². The van der Waals surface area contributed by atoms with E-state index in [9.17, 15) is 18.8 Å². The fourth-order valence-corrected chi connectivity index (χ4v) is 5.82. The number of amides is 3. The number of anilines is 1. The molecule has 2 atom stereocenters. The molecule has 1 saturated heterocycles. The fourth-order valence-electron chi connectivity index (χ4n) is 5.82. The van der Waals surface area contributed by atoms with Crippen LogP contribution in [0.1, 0.15) is 28.2 Å². The average molecular weight is 609 g/mol. The van der Waals surface area contributed by atoms with Crippen molar-refractivity contribution in [2.45, 2.75) is 39.0 Å². The quantitative estimate of drug-likeness (QED) is 0.263. The lowest BCUT2D eigenvalue weighted by Gasteiger charge is -2.24. The van der Waals surface area contributed by atoms with Crippen molar-refractivity contribution < 1.29 is 23.2 Å². The van der Waals surface area contributed by atoms with Gasteiger partial charge in [-0.15, -0.1) is 0 Å². The number of likely N-dealkylation sites (tertiary alicyclic amines) is 1. The van der Waals surface area contributed by atoms with E-state index in [1.165, 1.54) is 12.3 Å². The van der Waals surface area contributed by atoms with Gasteiger partial charge in [0, 0.05) is 47.0 Å². The second kappa shape index (κ2) is 11.9. The molecule has 1 fully saturated rings. The molecule has 5 aromatic rings. The maximum absolute atomic E-state index is 15.6. The molecule has 0 spiro atoms. The number of hydrogen-bond donors (Lipinski definition) is 2. The Labute approximate surface area is 257 Å². The molecule has 0 saturated carbocycles. The highest BCUT2D eigenvalue weighted by Gasteiger charge is 2.40. The molecule has 3 N–H and O–H groups in total. The summed E-state index contributed by atoms with van der Waals surface area (Å²) in [6, 6.07) is 16.2. The lowest BCUT2D eigenvalue weighted by molar-refractivity contribution is -0.137. The zero-order valence-electron chi connectivity index (χ0n) is 24.6. The number of carbonyl (C=O) groups excluding carboxylic acids is 3. The smallest absolute Gasteiger partial charge is 0.250 e. The van der Waals surface area contributed by atoms with Gasteiger partial charge in [-0.25, -0.2) is 18.7 Å². The third-order valence-electron chi connectivity index (χ3n) is 8.13. The lowest BCUT2D eigenvalue weighted by atomic mass is 9.99. The first-order chi connectivity index (χ1) is 21.6. The molecule has 228 valence electrons. The maximum atomic E-state index is 15.6. The largest absolute Gasteiger partial charge is 0.366 e. The van der Waals surface area contributed by atoms with Crippen LogP contribution in [-0.4, -0.2) is 55.9 Å². The number of aryl methyl sites for hydroxylation is 2. The van der Waals surface area contributed by atoms with Crippen molar-refractivity contribution in [2.24, 2.45) is 5.73 Å². The molecule has 45 heavy (non-hydrogen) atoms. The highest BCUT2D eigenvalue weighted by Crippen LogP contribution is 2.32. The number of alkyl halides is 1. The molecule has 9 nitrogen and oxygen atoms in total. The van der Waals surface area contributed by atoms with Gasteiger partial charge in [0.2, 0.25) is 11.8 Å². The summed E-state index contributed by atoms with van der Waals surface area (Å²) in [5.74, 6) is -1.91. The van der Waals surface area contributed by atoms with E-state index in [0.29, 0.717) is 27.9 Å². The van der Waals surface area contributed by atoms with E-state index in [1.54, 1.807) is 60.3 Å². The Morgan fingerprint density at radius 3 is 2.44 bits per heavy atom. The number of nitrogens with two attached hydrogens (primary N) is 1. The standard InChI is InChI=1S/C34H30F2N6O3/c1-19-6-3-4-7-24(19)25-8-5-9-28(32(25)36)40-34(45)30-13-23(35)16-42(30)31(43)18-41-17-27(33(37)44)26-12-21(10-11-29(26)41)22-14-38-20(2)39-15-22/h3-12,14-15,17,23,30H,13,16,18H2,1-2H3,(H2,37,44)(H,40,45)/t23-,30?/m1/s1. The number of fused-ring (bicyclic) bond motifs is 1. The lowest BCUT2D eigenvalue weighted by Crippen LogP contribution is -2.44. The average Bonchev–Trinajstić information content (AvgIpc) is 3.59. The Morgan fingerprint density at radius 2 is 1.71 bits per heavy atom. The van der Waals surface area contributed by atoms with Gasteiger partial charge in [-0.3, -0.25) is 14.4 Å². The summed E-state index contributed by atoms with van der Waals surface area (Å²) in [5.41, 5.74) is 9.73. The molecule has 2 aromatic heterocycles. The van der Waals surface area contributed by atoms with Gasteiger partial charge in [-0.05, 0) is 48.7 Å². The molecule has 1 aliphatic rings. The summed E-state index contributed by atoms with van der Waals surface area (Å²) in [6.45, 7) is 3.08. The second-order valence-corrected chi connectivity index (χ2v) is 11.2. The number of primary amides is 1. The van der Waals surface area contributed by atoms with Crippen LogP contribution in [0.15, 0.2) is 79.3 Å². The Hall–Kier alpha value is -5.45. The number of nitrogens with zero attached hydrogens (tertiary/aromatic N) is 4. The molecule has 11 heteroatoms. The summed E-state index contributed by atoms with van der Waals surface area (Å²) >= 11 is 0. The molecule has 3 heterocycles. The first-order valence-corrected chi connectivity index (χ1v) is 14.4. The monoisotopic (exact) mass is 608 g/mol. The Kier molecular flexibility index (Phi) is 7.84. The van der Waals surface area contributed by atoms with Crippen LogP contribution in [0.2, 0.25) is 0 Å². The van der Waals surface area contributed by atoms with Crippen molar-refractivity contribution in [2.75, 3.05) is 11.9 Å². The number of halogens is 2. The van der Waals surface area contributed by atoms with E-state index >= 15 is 4.39 Å². The maximum Gasteiger partial charge on any atom is 0.250 e. The summed E-state index contributed by atoms with van der Waals surface area (Å²) in [7, 11) is 0. The molecule has 0 radical (unpaired) electrons. The van der Waals surface area contributed by atoms with Gasteiger partial charge < -0.3 is 20.5 Å². The third kappa shape index (κ3) is 5.76. The Morgan fingerprint density at radius 1 is 0.978 bits per heavy atom. The number of benzene rings is 3. The van der Waals surface area contributed by atoms with E-state index in [4.69, 9.17) is 5.73 Å². The molecule has 1 aliphatic heterocycles. The van der Waals surface area contributed by atoms with Crippen molar-refractivity contribution in [3.63, 3.8) is 0 Å². The van der Waals surface area contributed by atoms with Crippen LogP contribution in [0, 0.1) is 19.7 Å².